The fraction of sp³-hybridized carbons (Fsp3) is 0.750. The van der Waals surface area contributed by atoms with Crippen molar-refractivity contribution < 1.29 is 14.7 Å². The highest BCUT2D eigenvalue weighted by Gasteiger charge is 2.69. The van der Waals surface area contributed by atoms with Crippen LogP contribution in [0.1, 0.15) is 106 Å². The number of carbonyl (C=O) groups is 1. The van der Waals surface area contributed by atoms with Gasteiger partial charge < -0.3 is 9.94 Å². The van der Waals surface area contributed by atoms with Crippen molar-refractivity contribution in [2.75, 3.05) is 0 Å². The number of aromatic nitrogens is 3. The number of nitrogens with zero attached hydrogens (tertiary/aromatic N) is 3. The molecule has 7 rings (SSSR count). The van der Waals surface area contributed by atoms with E-state index in [2.05, 4.69) is 64.9 Å². The van der Waals surface area contributed by atoms with E-state index in [4.69, 9.17) is 4.84 Å². The number of benzene rings is 1. The minimum absolute atomic E-state index is 0.0455. The molecule has 2 aromatic rings. The molecule has 1 aromatic carbocycles. The first-order chi connectivity index (χ1) is 19.8. The molecule has 6 heteroatoms. The summed E-state index contributed by atoms with van der Waals surface area (Å²) in [6.07, 6.45) is 11.7. The lowest BCUT2D eigenvalue weighted by Gasteiger charge is -2.71. The summed E-state index contributed by atoms with van der Waals surface area (Å²) in [7, 11) is 0. The van der Waals surface area contributed by atoms with Gasteiger partial charge in [-0.05, 0) is 126 Å². The molecule has 0 spiro atoms. The highest BCUT2D eigenvalue weighted by atomic mass is 16.7. The van der Waals surface area contributed by atoms with Gasteiger partial charge >= 0.3 is 5.97 Å². The van der Waals surface area contributed by atoms with Crippen LogP contribution >= 0.6 is 0 Å². The lowest BCUT2D eigenvalue weighted by molar-refractivity contribution is -0.207. The number of carbonyl (C=O) groups excluding carboxylic acids is 1. The summed E-state index contributed by atoms with van der Waals surface area (Å²) in [5.74, 6) is 2.13. The lowest BCUT2D eigenvalue weighted by atomic mass is 9.33. The topological polar surface area (TPSA) is 77.2 Å². The van der Waals surface area contributed by atoms with Crippen molar-refractivity contribution >= 4 is 17.0 Å². The Labute approximate surface area is 251 Å². The van der Waals surface area contributed by atoms with E-state index in [1.807, 2.05) is 24.3 Å². The van der Waals surface area contributed by atoms with Crippen molar-refractivity contribution in [3.8, 4) is 0 Å². The van der Waals surface area contributed by atoms with Crippen molar-refractivity contribution in [1.82, 2.24) is 15.2 Å². The third-order valence-corrected chi connectivity index (χ3v) is 14.9. The Morgan fingerprint density at radius 2 is 1.71 bits per heavy atom. The van der Waals surface area contributed by atoms with Crippen LogP contribution in [0.2, 0.25) is 0 Å². The van der Waals surface area contributed by atoms with Gasteiger partial charge in [0.2, 0.25) is 0 Å². The van der Waals surface area contributed by atoms with Gasteiger partial charge in [-0.3, -0.25) is 0 Å². The van der Waals surface area contributed by atoms with Gasteiger partial charge in [-0.25, -0.2) is 4.79 Å². The van der Waals surface area contributed by atoms with Crippen LogP contribution in [-0.4, -0.2) is 32.3 Å². The molecule has 0 aliphatic heterocycles. The van der Waals surface area contributed by atoms with Crippen LogP contribution < -0.4 is 4.84 Å². The van der Waals surface area contributed by atoms with Crippen molar-refractivity contribution in [3.63, 3.8) is 0 Å². The summed E-state index contributed by atoms with van der Waals surface area (Å²) in [4.78, 5) is 22.0. The summed E-state index contributed by atoms with van der Waals surface area (Å²) in [5.41, 5.74) is 2.85. The Morgan fingerprint density at radius 1 is 0.952 bits per heavy atom. The standard InChI is InChI=1S/C36H51N3O3/c1-22-14-19-36(31(41)42-39-26-11-9-8-10-25(26)37-38-39)21-20-34(6)24(30(36)23(22)2)12-13-28-33(5)17-16-29(40)32(3,4)27(33)15-18-35(28,34)7/h8-12,22-23,27-30,40H,13-21H2,1-7H3/t22-,23+,27+,28-,29+,30+,33+,34-,35-,36+/m1/s1. The second-order valence-electron chi connectivity index (χ2n) is 16.5. The van der Waals surface area contributed by atoms with Crippen molar-refractivity contribution in [2.45, 2.75) is 112 Å². The van der Waals surface area contributed by atoms with E-state index in [1.165, 1.54) is 17.7 Å². The SMILES string of the molecule is C[C@H]1[C@H](C)CC[C@]2(C(=O)On3nnc4ccccc43)CC[C@]3(C)C(=CC[C@@H]4[C@@]5(C)CC[C@H](O)C(C)(C)[C@@H]5CC[C@]43C)[C@H]12. The Kier molecular flexibility index (Phi) is 6.22. The number of hydrogen-bond acceptors (Lipinski definition) is 5. The molecule has 5 aliphatic carbocycles. The third-order valence-electron chi connectivity index (χ3n) is 14.9. The number of aliphatic hydroxyl groups is 1. The van der Waals surface area contributed by atoms with Crippen molar-refractivity contribution in [1.29, 1.82) is 0 Å². The number of aliphatic hydroxyl groups excluding tert-OH is 1. The van der Waals surface area contributed by atoms with Gasteiger partial charge in [0.25, 0.3) is 0 Å². The molecule has 1 heterocycles. The molecule has 4 saturated carbocycles. The van der Waals surface area contributed by atoms with Crippen LogP contribution in [0.3, 0.4) is 0 Å². The van der Waals surface area contributed by atoms with Crippen molar-refractivity contribution in [3.05, 3.63) is 35.9 Å². The molecule has 42 heavy (non-hydrogen) atoms. The molecule has 6 nitrogen and oxygen atoms in total. The van der Waals surface area contributed by atoms with Gasteiger partial charge in [-0.15, -0.1) is 5.10 Å². The predicted molar refractivity (Wildman–Crippen MR) is 164 cm³/mol. The summed E-state index contributed by atoms with van der Waals surface area (Å²) >= 11 is 0. The van der Waals surface area contributed by atoms with E-state index >= 15 is 0 Å². The van der Waals surface area contributed by atoms with Gasteiger partial charge in [0.15, 0.2) is 0 Å². The van der Waals surface area contributed by atoms with Crippen molar-refractivity contribution in [2.24, 2.45) is 56.7 Å². The predicted octanol–water partition coefficient (Wildman–Crippen LogP) is 7.41. The number of rotatable bonds is 2. The summed E-state index contributed by atoms with van der Waals surface area (Å²) < 4.78 is 0. The molecule has 228 valence electrons. The van der Waals surface area contributed by atoms with Crippen LogP contribution in [0.4, 0.5) is 0 Å². The Balaban J connectivity index is 1.29. The normalized spacial score (nSPS) is 46.0. The first-order valence-corrected chi connectivity index (χ1v) is 16.7. The summed E-state index contributed by atoms with van der Waals surface area (Å²) in [6, 6.07) is 7.67. The van der Waals surface area contributed by atoms with Gasteiger partial charge in [-0.2, -0.15) is 0 Å². The molecule has 0 unspecified atom stereocenters. The van der Waals surface area contributed by atoms with Gasteiger partial charge in [-0.1, -0.05) is 77.1 Å². The zero-order valence-corrected chi connectivity index (χ0v) is 26.8. The Hall–Kier alpha value is -2.21. The minimum Gasteiger partial charge on any atom is -0.393 e. The molecular weight excluding hydrogens is 522 g/mol. The summed E-state index contributed by atoms with van der Waals surface area (Å²) in [6.45, 7) is 17.1. The zero-order valence-electron chi connectivity index (χ0n) is 26.8. The molecule has 0 bridgehead atoms. The molecular formula is C36H51N3O3. The molecule has 0 amide bonds. The van der Waals surface area contributed by atoms with E-state index in [0.717, 1.165) is 56.0 Å². The lowest BCUT2D eigenvalue weighted by Crippen LogP contribution is -2.65. The van der Waals surface area contributed by atoms with Crippen LogP contribution in [0, 0.1) is 56.7 Å². The smallest absolute Gasteiger partial charge is 0.341 e. The summed E-state index contributed by atoms with van der Waals surface area (Å²) in [5, 5.41) is 19.5. The van der Waals surface area contributed by atoms with E-state index in [9.17, 15) is 9.90 Å². The third kappa shape index (κ3) is 3.51. The monoisotopic (exact) mass is 573 g/mol. The molecule has 1 N–H and O–H groups in total. The fourth-order valence-electron chi connectivity index (χ4n) is 11.9. The van der Waals surface area contributed by atoms with E-state index in [0.29, 0.717) is 23.7 Å². The van der Waals surface area contributed by atoms with E-state index < -0.39 is 5.41 Å². The average molecular weight is 574 g/mol. The van der Waals surface area contributed by atoms with Gasteiger partial charge in [0, 0.05) is 0 Å². The number of allylic oxidation sites excluding steroid dienone is 2. The second kappa shape index (κ2) is 9.15. The highest BCUT2D eigenvalue weighted by Crippen LogP contribution is 2.75. The quantitative estimate of drug-likeness (QED) is 0.299. The molecule has 1 aromatic heterocycles. The van der Waals surface area contributed by atoms with E-state index in [1.54, 1.807) is 5.57 Å². The van der Waals surface area contributed by atoms with Crippen LogP contribution in [0.15, 0.2) is 35.9 Å². The minimum atomic E-state index is -0.536. The largest absolute Gasteiger partial charge is 0.393 e. The van der Waals surface area contributed by atoms with Crippen LogP contribution in [0.5, 0.6) is 0 Å². The number of para-hydroxylation sites is 1. The van der Waals surface area contributed by atoms with Gasteiger partial charge in [0.1, 0.15) is 11.0 Å². The molecule has 4 fully saturated rings. The Morgan fingerprint density at radius 3 is 2.50 bits per heavy atom. The maximum Gasteiger partial charge on any atom is 0.341 e. The second-order valence-corrected chi connectivity index (χ2v) is 16.5. The maximum atomic E-state index is 14.4. The first-order valence-electron chi connectivity index (χ1n) is 16.7. The average Bonchev–Trinajstić information content (AvgIpc) is 3.36. The molecule has 0 saturated heterocycles. The number of hydrogen-bond donors (Lipinski definition) is 1. The maximum absolute atomic E-state index is 14.4. The highest BCUT2D eigenvalue weighted by molar-refractivity contribution is 5.80. The van der Waals surface area contributed by atoms with Crippen LogP contribution in [-0.2, 0) is 4.79 Å². The van der Waals surface area contributed by atoms with E-state index in [-0.39, 0.29) is 39.7 Å². The molecule has 0 radical (unpaired) electrons. The van der Waals surface area contributed by atoms with Gasteiger partial charge in [0.05, 0.1) is 11.5 Å². The van der Waals surface area contributed by atoms with Crippen LogP contribution in [0.25, 0.3) is 11.0 Å². The molecule has 5 aliphatic rings. The fourth-order valence-corrected chi connectivity index (χ4v) is 11.9. The zero-order chi connectivity index (χ0) is 29.9. The first kappa shape index (κ1) is 28.6. The number of fused-ring (bicyclic) bond motifs is 8. The molecule has 10 atom stereocenters. The Bertz CT molecular complexity index is 1450.